The fourth-order valence-electron chi connectivity index (χ4n) is 7.76. The molecule has 0 saturated carbocycles. The smallest absolute Gasteiger partial charge is 0.0720 e. The van der Waals surface area contributed by atoms with E-state index >= 15 is 0 Å². The van der Waals surface area contributed by atoms with Gasteiger partial charge in [0.15, 0.2) is 0 Å². The molecule has 3 heterocycles. The molecule has 6 aromatic rings. The number of hydrogen-bond donors (Lipinski definition) is 0. The van der Waals surface area contributed by atoms with E-state index in [1.807, 2.05) is 11.3 Å². The minimum absolute atomic E-state index is 0.0433. The highest BCUT2D eigenvalue weighted by Gasteiger charge is 2.44. The van der Waals surface area contributed by atoms with Gasteiger partial charge in [-0.05, 0) is 59.6 Å². The predicted molar refractivity (Wildman–Crippen MR) is 151 cm³/mol. The molecular weight excluding hydrogens is 442 g/mol. The van der Waals surface area contributed by atoms with E-state index < -0.39 is 0 Å². The van der Waals surface area contributed by atoms with Crippen LogP contribution < -0.4 is 0 Å². The number of aryl methyl sites for hydroxylation is 1. The Morgan fingerprint density at radius 3 is 2.49 bits per heavy atom. The molecule has 3 aromatic carbocycles. The number of hydrogen-bond acceptors (Lipinski definition) is 1. The molecule has 3 aromatic heterocycles. The molecule has 0 bridgehead atoms. The molecule has 0 spiro atoms. The molecule has 0 radical (unpaired) electrons. The Labute approximate surface area is 208 Å². The lowest BCUT2D eigenvalue weighted by Gasteiger charge is -2.29. The van der Waals surface area contributed by atoms with E-state index in [9.17, 15) is 0 Å². The van der Waals surface area contributed by atoms with Crippen molar-refractivity contribution in [2.45, 2.75) is 39.5 Å². The molecule has 0 unspecified atom stereocenters. The summed E-state index contributed by atoms with van der Waals surface area (Å²) in [6, 6.07) is 20.7. The van der Waals surface area contributed by atoms with Crippen molar-refractivity contribution in [2.24, 2.45) is 5.41 Å². The third-order valence-electron chi connectivity index (χ3n) is 9.13. The standard InChI is InChI=1S/C33H25NS/c1-33(2)26-12-5-3-8-18(26)20-14-15-23-21-10-7-11-22-24-16-17-25-19-9-4-6-13-27(19)35-32(25)31(24)34(29(21)22)30(23)28(20)33/h4-7,9-13,16-17H,3,8,14-15H2,1-2H3. The highest BCUT2D eigenvalue weighted by Crippen LogP contribution is 2.59. The van der Waals surface area contributed by atoms with Gasteiger partial charge in [0, 0.05) is 37.0 Å². The second kappa shape index (κ2) is 6.06. The summed E-state index contributed by atoms with van der Waals surface area (Å²) in [6.07, 6.45) is 9.54. The lowest BCUT2D eigenvalue weighted by atomic mass is 9.75. The van der Waals surface area contributed by atoms with Crippen LogP contribution >= 0.6 is 11.3 Å². The molecule has 3 aliphatic carbocycles. The molecule has 168 valence electrons. The number of aromatic nitrogens is 1. The van der Waals surface area contributed by atoms with E-state index in [2.05, 4.69) is 85.0 Å². The van der Waals surface area contributed by atoms with Crippen molar-refractivity contribution in [1.29, 1.82) is 0 Å². The van der Waals surface area contributed by atoms with Crippen LogP contribution in [0.3, 0.4) is 0 Å². The molecule has 0 aliphatic heterocycles. The Hall–Kier alpha value is -3.36. The van der Waals surface area contributed by atoms with Gasteiger partial charge < -0.3 is 4.40 Å². The summed E-state index contributed by atoms with van der Waals surface area (Å²) in [4.78, 5) is 0. The van der Waals surface area contributed by atoms with Crippen molar-refractivity contribution in [3.63, 3.8) is 0 Å². The molecular formula is C33H25NS. The first-order valence-corrected chi connectivity index (χ1v) is 13.7. The summed E-state index contributed by atoms with van der Waals surface area (Å²) in [5, 5.41) is 7.04. The second-order valence-electron chi connectivity index (χ2n) is 11.1. The van der Waals surface area contributed by atoms with Gasteiger partial charge in [-0.2, -0.15) is 0 Å². The van der Waals surface area contributed by atoms with Gasteiger partial charge in [0.1, 0.15) is 0 Å². The number of allylic oxidation sites excluding steroid dienone is 6. The van der Waals surface area contributed by atoms with Crippen LogP contribution in [-0.2, 0) is 6.42 Å². The Morgan fingerprint density at radius 2 is 1.54 bits per heavy atom. The van der Waals surface area contributed by atoms with Crippen LogP contribution in [0.5, 0.6) is 0 Å². The van der Waals surface area contributed by atoms with Gasteiger partial charge in [-0.15, -0.1) is 11.3 Å². The van der Waals surface area contributed by atoms with Gasteiger partial charge in [-0.3, -0.25) is 0 Å². The topological polar surface area (TPSA) is 4.41 Å². The summed E-state index contributed by atoms with van der Waals surface area (Å²) in [5.41, 5.74) is 12.4. The zero-order valence-electron chi connectivity index (χ0n) is 20.0. The summed E-state index contributed by atoms with van der Waals surface area (Å²) in [6.45, 7) is 4.94. The van der Waals surface area contributed by atoms with Gasteiger partial charge in [0.25, 0.3) is 0 Å². The highest BCUT2D eigenvalue weighted by molar-refractivity contribution is 7.26. The number of thiophene rings is 1. The monoisotopic (exact) mass is 467 g/mol. The Morgan fingerprint density at radius 1 is 0.743 bits per heavy atom. The lowest BCUT2D eigenvalue weighted by Crippen LogP contribution is -2.17. The number of para-hydroxylation sites is 1. The summed E-state index contributed by atoms with van der Waals surface area (Å²) in [5.74, 6) is 0. The third-order valence-corrected chi connectivity index (χ3v) is 10.3. The second-order valence-corrected chi connectivity index (χ2v) is 12.2. The van der Waals surface area contributed by atoms with Crippen LogP contribution in [0.25, 0.3) is 52.9 Å². The fraction of sp³-hybridized carbons (Fsp3) is 0.212. The molecule has 0 fully saturated rings. The van der Waals surface area contributed by atoms with Crippen LogP contribution in [0.1, 0.15) is 44.4 Å². The first-order chi connectivity index (χ1) is 17.1. The van der Waals surface area contributed by atoms with Gasteiger partial charge in [0.05, 0.1) is 21.4 Å². The molecule has 3 aliphatic rings. The van der Waals surface area contributed by atoms with E-state index in [1.165, 1.54) is 72.3 Å². The lowest BCUT2D eigenvalue weighted by molar-refractivity contribution is 0.614. The van der Waals surface area contributed by atoms with E-state index in [4.69, 9.17) is 0 Å². The largest absolute Gasteiger partial charge is 0.307 e. The average molecular weight is 468 g/mol. The molecule has 9 rings (SSSR count). The Balaban J connectivity index is 1.52. The van der Waals surface area contributed by atoms with E-state index in [1.54, 1.807) is 27.9 Å². The van der Waals surface area contributed by atoms with Crippen LogP contribution in [0.4, 0.5) is 0 Å². The van der Waals surface area contributed by atoms with Crippen LogP contribution in [0.15, 0.2) is 83.5 Å². The van der Waals surface area contributed by atoms with Crippen LogP contribution in [0, 0.1) is 5.41 Å². The number of rotatable bonds is 0. The average Bonchev–Trinajstić information content (AvgIpc) is 3.59. The maximum atomic E-state index is 2.70. The molecule has 1 nitrogen and oxygen atoms in total. The van der Waals surface area contributed by atoms with E-state index in [0.717, 1.165) is 6.42 Å². The molecule has 2 heteroatoms. The number of fused-ring (bicyclic) bond motifs is 12. The van der Waals surface area contributed by atoms with Gasteiger partial charge in [-0.1, -0.05) is 74.5 Å². The van der Waals surface area contributed by atoms with Crippen molar-refractivity contribution >= 4 is 64.3 Å². The molecule has 0 atom stereocenters. The zero-order valence-corrected chi connectivity index (χ0v) is 20.9. The minimum atomic E-state index is 0.0433. The summed E-state index contributed by atoms with van der Waals surface area (Å²) in [7, 11) is 0. The first-order valence-electron chi connectivity index (χ1n) is 12.9. The van der Waals surface area contributed by atoms with Gasteiger partial charge in [-0.25, -0.2) is 0 Å². The molecule has 35 heavy (non-hydrogen) atoms. The summed E-state index contributed by atoms with van der Waals surface area (Å²) >= 11 is 1.96. The quantitative estimate of drug-likeness (QED) is 0.209. The highest BCUT2D eigenvalue weighted by atomic mass is 32.1. The van der Waals surface area contributed by atoms with Crippen molar-refractivity contribution < 1.29 is 0 Å². The van der Waals surface area contributed by atoms with E-state index in [0.29, 0.717) is 0 Å². The fourth-order valence-corrected chi connectivity index (χ4v) is 9.00. The summed E-state index contributed by atoms with van der Waals surface area (Å²) < 4.78 is 5.51. The number of nitrogens with zero attached hydrogens (tertiary/aromatic N) is 1. The van der Waals surface area contributed by atoms with Crippen molar-refractivity contribution in [2.75, 3.05) is 0 Å². The van der Waals surface area contributed by atoms with Crippen LogP contribution in [-0.4, -0.2) is 4.40 Å². The number of benzene rings is 3. The van der Waals surface area contributed by atoms with E-state index in [-0.39, 0.29) is 5.41 Å². The molecule has 0 amide bonds. The van der Waals surface area contributed by atoms with Crippen molar-refractivity contribution in [1.82, 2.24) is 4.40 Å². The van der Waals surface area contributed by atoms with Crippen molar-refractivity contribution in [3.8, 4) is 0 Å². The van der Waals surface area contributed by atoms with Gasteiger partial charge in [0.2, 0.25) is 0 Å². The Bertz CT molecular complexity index is 2020. The predicted octanol–water partition coefficient (Wildman–Crippen LogP) is 9.44. The Kier molecular flexibility index (Phi) is 3.27. The van der Waals surface area contributed by atoms with Gasteiger partial charge >= 0.3 is 0 Å². The maximum absolute atomic E-state index is 2.70. The van der Waals surface area contributed by atoms with Crippen LogP contribution in [0.2, 0.25) is 0 Å². The normalized spacial score (nSPS) is 19.1. The SMILES string of the molecule is CC1(C)C2=C(CCC=C2)C2=C1c1c(c3cccc4c5ccc6c7ccccc7sc6c5n1c34)CC2. The molecule has 0 saturated heterocycles. The minimum Gasteiger partial charge on any atom is -0.307 e. The zero-order chi connectivity index (χ0) is 23.1. The molecule has 0 N–H and O–H groups in total. The first kappa shape index (κ1) is 18.9. The van der Waals surface area contributed by atoms with Crippen molar-refractivity contribution in [3.05, 3.63) is 94.7 Å². The maximum Gasteiger partial charge on any atom is 0.0720 e. The third kappa shape index (κ3) is 2.05.